The lowest BCUT2D eigenvalue weighted by Gasteiger charge is -2.18. The van der Waals surface area contributed by atoms with Crippen LogP contribution in [0.4, 0.5) is 14.9 Å². The highest BCUT2D eigenvalue weighted by Gasteiger charge is 2.28. The van der Waals surface area contributed by atoms with Crippen LogP contribution in [0.3, 0.4) is 0 Å². The summed E-state index contributed by atoms with van der Waals surface area (Å²) in [6, 6.07) is 12.9. The van der Waals surface area contributed by atoms with E-state index >= 15 is 0 Å². The number of nitrogens with zero attached hydrogens (tertiary/aromatic N) is 1. The third-order valence-corrected chi connectivity index (χ3v) is 4.76. The number of rotatable bonds is 5. The van der Waals surface area contributed by atoms with E-state index in [0.717, 1.165) is 6.42 Å². The molecule has 1 heterocycles. The van der Waals surface area contributed by atoms with Crippen LogP contribution in [0, 0.1) is 11.7 Å². The number of halogens is 1. The fourth-order valence-electron chi connectivity index (χ4n) is 3.39. The van der Waals surface area contributed by atoms with Crippen LogP contribution >= 0.6 is 0 Å². The Morgan fingerprint density at radius 1 is 1.11 bits per heavy atom. The minimum absolute atomic E-state index is 0.0145. The molecule has 1 fully saturated rings. The standard InChI is InChI=1S/C22H26FN3O2/c1-15(2)13-16-3-5-17(6-4-16)21(27)26-12-11-20(14-26)25-22(28)24-19-9-7-18(23)8-10-19/h3-10,15,20H,11-14H2,1-2H3,(H2,24,25,28). The van der Waals surface area contributed by atoms with Crippen molar-refractivity contribution in [1.29, 1.82) is 0 Å². The second-order valence-corrected chi connectivity index (χ2v) is 7.64. The Balaban J connectivity index is 1.50. The molecule has 2 aromatic carbocycles. The van der Waals surface area contributed by atoms with Gasteiger partial charge in [-0.3, -0.25) is 4.79 Å². The van der Waals surface area contributed by atoms with E-state index in [2.05, 4.69) is 24.5 Å². The summed E-state index contributed by atoms with van der Waals surface area (Å²) in [5.41, 5.74) is 2.42. The minimum Gasteiger partial charge on any atom is -0.337 e. The fraction of sp³-hybridized carbons (Fsp3) is 0.364. The molecule has 6 heteroatoms. The van der Waals surface area contributed by atoms with Crippen molar-refractivity contribution in [3.63, 3.8) is 0 Å². The average molecular weight is 383 g/mol. The molecule has 2 aromatic rings. The topological polar surface area (TPSA) is 61.4 Å². The quantitative estimate of drug-likeness (QED) is 0.818. The van der Waals surface area contributed by atoms with Gasteiger partial charge in [-0.05, 0) is 60.7 Å². The molecule has 0 radical (unpaired) electrons. The number of carbonyl (C=O) groups is 2. The van der Waals surface area contributed by atoms with E-state index in [-0.39, 0.29) is 23.8 Å². The van der Waals surface area contributed by atoms with Crippen LogP contribution in [0.25, 0.3) is 0 Å². The highest BCUT2D eigenvalue weighted by atomic mass is 19.1. The van der Waals surface area contributed by atoms with E-state index in [4.69, 9.17) is 0 Å². The Morgan fingerprint density at radius 2 is 1.79 bits per heavy atom. The molecule has 0 aliphatic carbocycles. The summed E-state index contributed by atoms with van der Waals surface area (Å²) in [5, 5.41) is 5.54. The summed E-state index contributed by atoms with van der Waals surface area (Å²) in [5.74, 6) is 0.209. The zero-order valence-corrected chi connectivity index (χ0v) is 16.2. The summed E-state index contributed by atoms with van der Waals surface area (Å²) < 4.78 is 12.9. The molecule has 1 aliphatic rings. The summed E-state index contributed by atoms with van der Waals surface area (Å²) in [6.45, 7) is 5.42. The average Bonchev–Trinajstić information content (AvgIpc) is 3.11. The van der Waals surface area contributed by atoms with E-state index < -0.39 is 0 Å². The van der Waals surface area contributed by atoms with Gasteiger partial charge in [0, 0.05) is 30.4 Å². The lowest BCUT2D eigenvalue weighted by atomic mass is 10.0. The van der Waals surface area contributed by atoms with Crippen molar-refractivity contribution in [1.82, 2.24) is 10.2 Å². The number of hydrogen-bond donors (Lipinski definition) is 2. The zero-order chi connectivity index (χ0) is 20.1. The molecule has 3 rings (SSSR count). The first-order valence-electron chi connectivity index (χ1n) is 9.62. The number of anilines is 1. The van der Waals surface area contributed by atoms with Crippen LogP contribution < -0.4 is 10.6 Å². The van der Waals surface area contributed by atoms with Gasteiger partial charge in [-0.25, -0.2) is 9.18 Å². The molecule has 1 atom stereocenters. The second kappa shape index (κ2) is 8.87. The molecule has 0 bridgehead atoms. The highest BCUT2D eigenvalue weighted by molar-refractivity contribution is 5.94. The molecule has 3 amide bonds. The molecular formula is C22H26FN3O2. The van der Waals surface area contributed by atoms with Gasteiger partial charge in [0.1, 0.15) is 5.82 Å². The van der Waals surface area contributed by atoms with Crippen LogP contribution in [0.2, 0.25) is 0 Å². The number of likely N-dealkylation sites (tertiary alicyclic amines) is 1. The van der Waals surface area contributed by atoms with Crippen molar-refractivity contribution in [2.45, 2.75) is 32.7 Å². The van der Waals surface area contributed by atoms with Gasteiger partial charge in [-0.1, -0.05) is 26.0 Å². The third kappa shape index (κ3) is 5.31. The number of benzene rings is 2. The first-order valence-corrected chi connectivity index (χ1v) is 9.62. The van der Waals surface area contributed by atoms with Crippen LogP contribution in [-0.4, -0.2) is 36.0 Å². The molecule has 0 aromatic heterocycles. The molecule has 5 nitrogen and oxygen atoms in total. The van der Waals surface area contributed by atoms with Crippen molar-refractivity contribution in [3.05, 3.63) is 65.5 Å². The van der Waals surface area contributed by atoms with Crippen molar-refractivity contribution < 1.29 is 14.0 Å². The van der Waals surface area contributed by atoms with Gasteiger partial charge < -0.3 is 15.5 Å². The summed E-state index contributed by atoms with van der Waals surface area (Å²) in [7, 11) is 0. The lowest BCUT2D eigenvalue weighted by Crippen LogP contribution is -2.40. The molecular weight excluding hydrogens is 357 g/mol. The molecule has 1 aliphatic heterocycles. The van der Waals surface area contributed by atoms with Gasteiger partial charge in [0.15, 0.2) is 0 Å². The van der Waals surface area contributed by atoms with Crippen molar-refractivity contribution in [3.8, 4) is 0 Å². The minimum atomic E-state index is -0.357. The Morgan fingerprint density at radius 3 is 2.43 bits per heavy atom. The van der Waals surface area contributed by atoms with E-state index in [1.54, 1.807) is 4.90 Å². The molecule has 148 valence electrons. The van der Waals surface area contributed by atoms with Gasteiger partial charge in [0.05, 0.1) is 0 Å². The van der Waals surface area contributed by atoms with Crippen molar-refractivity contribution >= 4 is 17.6 Å². The van der Waals surface area contributed by atoms with Crippen LogP contribution in [0.1, 0.15) is 36.2 Å². The van der Waals surface area contributed by atoms with E-state index in [0.29, 0.717) is 36.7 Å². The number of carbonyl (C=O) groups excluding carboxylic acids is 2. The summed E-state index contributed by atoms with van der Waals surface area (Å²) >= 11 is 0. The maximum absolute atomic E-state index is 12.9. The normalized spacial score (nSPS) is 16.3. The Bertz CT molecular complexity index is 819. The number of urea groups is 1. The number of hydrogen-bond acceptors (Lipinski definition) is 2. The predicted octanol–water partition coefficient (Wildman–Crippen LogP) is 4.06. The van der Waals surface area contributed by atoms with Crippen LogP contribution in [0.5, 0.6) is 0 Å². The summed E-state index contributed by atoms with van der Waals surface area (Å²) in [6.07, 6.45) is 1.70. The van der Waals surface area contributed by atoms with Gasteiger partial charge in [0.2, 0.25) is 0 Å². The van der Waals surface area contributed by atoms with Crippen molar-refractivity contribution in [2.24, 2.45) is 5.92 Å². The van der Waals surface area contributed by atoms with Crippen molar-refractivity contribution in [2.75, 3.05) is 18.4 Å². The Kier molecular flexibility index (Phi) is 6.29. The monoisotopic (exact) mass is 383 g/mol. The zero-order valence-electron chi connectivity index (χ0n) is 16.2. The summed E-state index contributed by atoms with van der Waals surface area (Å²) in [4.78, 5) is 26.6. The highest BCUT2D eigenvalue weighted by Crippen LogP contribution is 2.16. The van der Waals surface area contributed by atoms with E-state index in [9.17, 15) is 14.0 Å². The molecule has 1 unspecified atom stereocenters. The molecule has 0 saturated carbocycles. The first-order chi connectivity index (χ1) is 13.4. The smallest absolute Gasteiger partial charge is 0.319 e. The third-order valence-electron chi connectivity index (χ3n) is 4.76. The maximum Gasteiger partial charge on any atom is 0.319 e. The second-order valence-electron chi connectivity index (χ2n) is 7.64. The van der Waals surface area contributed by atoms with Crippen LogP contribution in [-0.2, 0) is 6.42 Å². The predicted molar refractivity (Wildman–Crippen MR) is 108 cm³/mol. The molecule has 2 N–H and O–H groups in total. The largest absolute Gasteiger partial charge is 0.337 e. The van der Waals surface area contributed by atoms with Gasteiger partial charge in [0.25, 0.3) is 5.91 Å². The Labute approximate surface area is 164 Å². The van der Waals surface area contributed by atoms with Gasteiger partial charge in [-0.15, -0.1) is 0 Å². The van der Waals surface area contributed by atoms with Gasteiger partial charge >= 0.3 is 6.03 Å². The van der Waals surface area contributed by atoms with Crippen LogP contribution in [0.15, 0.2) is 48.5 Å². The van der Waals surface area contributed by atoms with E-state index in [1.165, 1.54) is 29.8 Å². The lowest BCUT2D eigenvalue weighted by molar-refractivity contribution is 0.0789. The molecule has 28 heavy (non-hydrogen) atoms. The molecule has 0 spiro atoms. The number of amides is 3. The number of nitrogens with one attached hydrogen (secondary N) is 2. The SMILES string of the molecule is CC(C)Cc1ccc(C(=O)N2CCC(NC(=O)Nc3ccc(F)cc3)C2)cc1. The maximum atomic E-state index is 12.9. The van der Waals surface area contributed by atoms with E-state index in [1.807, 2.05) is 24.3 Å². The Hall–Kier alpha value is -2.89. The van der Waals surface area contributed by atoms with Gasteiger partial charge in [-0.2, -0.15) is 0 Å². The fourth-order valence-corrected chi connectivity index (χ4v) is 3.39. The molecule has 1 saturated heterocycles. The first kappa shape index (κ1) is 19.9.